The molecule has 0 aliphatic heterocycles. The van der Waals surface area contributed by atoms with E-state index >= 15 is 0 Å². The molecule has 0 saturated carbocycles. The van der Waals surface area contributed by atoms with Crippen LogP contribution in [0.2, 0.25) is 0 Å². The zero-order chi connectivity index (χ0) is 15.0. The first-order valence-corrected chi connectivity index (χ1v) is 7.99. The second-order valence-electron chi connectivity index (χ2n) is 4.85. The SMILES string of the molecule is CCNC(CC)(CO)CCCSc1ccc(F)c(F)c1. The van der Waals surface area contributed by atoms with E-state index in [-0.39, 0.29) is 12.1 Å². The van der Waals surface area contributed by atoms with Crippen LogP contribution in [0.5, 0.6) is 0 Å². The van der Waals surface area contributed by atoms with Gasteiger partial charge in [0, 0.05) is 10.4 Å². The Kier molecular flexibility index (Phi) is 7.48. The fourth-order valence-electron chi connectivity index (χ4n) is 2.18. The van der Waals surface area contributed by atoms with Crippen LogP contribution in [0, 0.1) is 11.6 Å². The van der Waals surface area contributed by atoms with E-state index in [9.17, 15) is 13.9 Å². The Balaban J connectivity index is 2.41. The van der Waals surface area contributed by atoms with Gasteiger partial charge in [-0.3, -0.25) is 0 Å². The van der Waals surface area contributed by atoms with Crippen LogP contribution in [-0.2, 0) is 0 Å². The lowest BCUT2D eigenvalue weighted by atomic mass is 9.91. The molecule has 0 spiro atoms. The molecule has 5 heteroatoms. The van der Waals surface area contributed by atoms with E-state index in [0.29, 0.717) is 0 Å². The summed E-state index contributed by atoms with van der Waals surface area (Å²) in [7, 11) is 0. The number of thioether (sulfide) groups is 1. The molecule has 0 radical (unpaired) electrons. The average Bonchev–Trinajstić information content (AvgIpc) is 2.46. The molecule has 0 aromatic heterocycles. The third-order valence-electron chi connectivity index (χ3n) is 3.49. The highest BCUT2D eigenvalue weighted by Gasteiger charge is 2.25. The summed E-state index contributed by atoms with van der Waals surface area (Å²) in [6, 6.07) is 3.97. The van der Waals surface area contributed by atoms with Crippen LogP contribution in [0.4, 0.5) is 8.78 Å². The number of likely N-dealkylation sites (N-methyl/N-ethyl adjacent to an activating group) is 1. The minimum Gasteiger partial charge on any atom is -0.394 e. The highest BCUT2D eigenvalue weighted by atomic mass is 32.2. The number of hydrogen-bond acceptors (Lipinski definition) is 3. The van der Waals surface area contributed by atoms with Gasteiger partial charge < -0.3 is 10.4 Å². The van der Waals surface area contributed by atoms with Crippen LogP contribution in [0.15, 0.2) is 23.1 Å². The Labute approximate surface area is 124 Å². The number of halogens is 2. The Morgan fingerprint density at radius 2 is 2.00 bits per heavy atom. The van der Waals surface area contributed by atoms with Crippen LogP contribution in [-0.4, -0.2) is 29.5 Å². The summed E-state index contributed by atoms with van der Waals surface area (Å²) in [6.07, 6.45) is 2.64. The molecular weight excluding hydrogens is 280 g/mol. The Morgan fingerprint density at radius 3 is 2.55 bits per heavy atom. The highest BCUT2D eigenvalue weighted by molar-refractivity contribution is 7.99. The van der Waals surface area contributed by atoms with Gasteiger partial charge in [-0.25, -0.2) is 8.78 Å². The van der Waals surface area contributed by atoms with Gasteiger partial charge in [-0.05, 0) is 49.8 Å². The van der Waals surface area contributed by atoms with Gasteiger partial charge in [0.15, 0.2) is 11.6 Å². The van der Waals surface area contributed by atoms with E-state index < -0.39 is 11.6 Å². The van der Waals surface area contributed by atoms with Crippen molar-refractivity contribution in [3.63, 3.8) is 0 Å². The topological polar surface area (TPSA) is 32.3 Å². The third-order valence-corrected chi connectivity index (χ3v) is 4.57. The van der Waals surface area contributed by atoms with Crippen molar-refractivity contribution in [3.8, 4) is 0 Å². The molecule has 1 aromatic carbocycles. The average molecular weight is 303 g/mol. The summed E-state index contributed by atoms with van der Waals surface area (Å²) in [6.45, 7) is 5.02. The lowest BCUT2D eigenvalue weighted by molar-refractivity contribution is 0.148. The molecule has 0 aliphatic rings. The normalized spacial score (nSPS) is 14.2. The number of hydrogen-bond donors (Lipinski definition) is 2. The first-order chi connectivity index (χ1) is 9.56. The zero-order valence-electron chi connectivity index (χ0n) is 12.1. The Hall–Kier alpha value is -0.650. The van der Waals surface area contributed by atoms with E-state index in [2.05, 4.69) is 12.2 Å². The number of aliphatic hydroxyl groups is 1. The summed E-state index contributed by atoms with van der Waals surface area (Å²) in [5, 5.41) is 12.9. The van der Waals surface area contributed by atoms with Gasteiger partial charge in [-0.2, -0.15) is 0 Å². The molecule has 2 nitrogen and oxygen atoms in total. The second-order valence-corrected chi connectivity index (χ2v) is 6.02. The summed E-state index contributed by atoms with van der Waals surface area (Å²) in [5.41, 5.74) is -0.219. The maximum absolute atomic E-state index is 13.1. The van der Waals surface area contributed by atoms with Crippen molar-refractivity contribution in [2.75, 3.05) is 18.9 Å². The van der Waals surface area contributed by atoms with Crippen molar-refractivity contribution >= 4 is 11.8 Å². The van der Waals surface area contributed by atoms with Crippen molar-refractivity contribution in [2.24, 2.45) is 0 Å². The van der Waals surface area contributed by atoms with E-state index in [4.69, 9.17) is 0 Å². The molecule has 1 aromatic rings. The molecule has 0 bridgehead atoms. The predicted molar refractivity (Wildman–Crippen MR) is 80.1 cm³/mol. The quantitative estimate of drug-likeness (QED) is 0.540. The van der Waals surface area contributed by atoms with E-state index in [1.165, 1.54) is 17.8 Å². The number of nitrogens with one attached hydrogen (secondary N) is 1. The smallest absolute Gasteiger partial charge is 0.159 e. The zero-order valence-corrected chi connectivity index (χ0v) is 12.9. The lowest BCUT2D eigenvalue weighted by Crippen LogP contribution is -2.48. The fraction of sp³-hybridized carbons (Fsp3) is 0.600. The van der Waals surface area contributed by atoms with E-state index in [1.54, 1.807) is 6.07 Å². The molecule has 20 heavy (non-hydrogen) atoms. The van der Waals surface area contributed by atoms with Crippen LogP contribution in [0.3, 0.4) is 0 Å². The van der Waals surface area contributed by atoms with Gasteiger partial charge in [0.2, 0.25) is 0 Å². The molecule has 0 aliphatic carbocycles. The van der Waals surface area contributed by atoms with E-state index in [1.807, 2.05) is 6.92 Å². The minimum absolute atomic E-state index is 0.118. The number of rotatable bonds is 9. The molecular formula is C15H23F2NOS. The second kappa shape index (κ2) is 8.60. The lowest BCUT2D eigenvalue weighted by Gasteiger charge is -2.31. The van der Waals surface area contributed by atoms with Gasteiger partial charge in [0.25, 0.3) is 0 Å². The number of aliphatic hydroxyl groups excluding tert-OH is 1. The molecule has 1 unspecified atom stereocenters. The van der Waals surface area contributed by atoms with Crippen molar-refractivity contribution in [2.45, 2.75) is 43.5 Å². The van der Waals surface area contributed by atoms with Crippen LogP contribution in [0.1, 0.15) is 33.1 Å². The molecule has 0 heterocycles. The predicted octanol–water partition coefficient (Wildman–Crippen LogP) is 3.59. The molecule has 0 saturated heterocycles. The first kappa shape index (κ1) is 17.4. The molecule has 0 amide bonds. The highest BCUT2D eigenvalue weighted by Crippen LogP contribution is 2.24. The van der Waals surface area contributed by atoms with Gasteiger partial charge in [0.05, 0.1) is 6.61 Å². The van der Waals surface area contributed by atoms with Crippen molar-refractivity contribution in [1.82, 2.24) is 5.32 Å². The summed E-state index contributed by atoms with van der Waals surface area (Å²) < 4.78 is 25.9. The van der Waals surface area contributed by atoms with Crippen molar-refractivity contribution in [3.05, 3.63) is 29.8 Å². The molecule has 1 rings (SSSR count). The van der Waals surface area contributed by atoms with Crippen molar-refractivity contribution < 1.29 is 13.9 Å². The van der Waals surface area contributed by atoms with Gasteiger partial charge in [0.1, 0.15) is 0 Å². The van der Waals surface area contributed by atoms with Gasteiger partial charge in [-0.15, -0.1) is 11.8 Å². The number of benzene rings is 1. The third kappa shape index (κ3) is 5.04. The summed E-state index contributed by atoms with van der Waals surface area (Å²) in [4.78, 5) is 0.735. The van der Waals surface area contributed by atoms with Gasteiger partial charge >= 0.3 is 0 Å². The van der Waals surface area contributed by atoms with Gasteiger partial charge in [-0.1, -0.05) is 13.8 Å². The molecule has 1 atom stereocenters. The Bertz CT molecular complexity index is 411. The monoisotopic (exact) mass is 303 g/mol. The van der Waals surface area contributed by atoms with Crippen LogP contribution in [0.25, 0.3) is 0 Å². The Morgan fingerprint density at radius 1 is 1.25 bits per heavy atom. The molecule has 0 fully saturated rings. The maximum atomic E-state index is 13.1. The van der Waals surface area contributed by atoms with E-state index in [0.717, 1.165) is 42.5 Å². The molecule has 114 valence electrons. The maximum Gasteiger partial charge on any atom is 0.159 e. The van der Waals surface area contributed by atoms with Crippen LogP contribution >= 0.6 is 11.8 Å². The first-order valence-electron chi connectivity index (χ1n) is 7.00. The standard InChI is InChI=1S/C15H23F2NOS/c1-3-15(11-19,18-4-2)8-5-9-20-12-6-7-13(16)14(17)10-12/h6-7,10,18-19H,3-5,8-9,11H2,1-2H3. The summed E-state index contributed by atoms with van der Waals surface area (Å²) in [5.74, 6) is -0.800. The minimum atomic E-state index is -0.813. The fourth-order valence-corrected chi connectivity index (χ4v) is 3.05. The van der Waals surface area contributed by atoms with Crippen LogP contribution < -0.4 is 5.32 Å². The summed E-state index contributed by atoms with van der Waals surface area (Å²) >= 11 is 1.51. The molecule has 2 N–H and O–H groups in total. The van der Waals surface area contributed by atoms with Crippen molar-refractivity contribution in [1.29, 1.82) is 0 Å². The largest absolute Gasteiger partial charge is 0.394 e.